The largest absolute Gasteiger partial charge is 0.462 e. The number of ether oxygens (including phenoxy) is 3. The molecule has 0 fully saturated rings. The second-order valence-corrected chi connectivity index (χ2v) is 24.5. The Morgan fingerprint density at radius 3 is 0.700 bits per heavy atom. The van der Waals surface area contributed by atoms with Crippen molar-refractivity contribution in [1.29, 1.82) is 0 Å². The van der Waals surface area contributed by atoms with Gasteiger partial charge in [-0.1, -0.05) is 340 Å². The molecule has 0 N–H and O–H groups in total. The Morgan fingerprint density at radius 1 is 0.250 bits per heavy atom. The molecule has 0 rings (SSSR count). The summed E-state index contributed by atoms with van der Waals surface area (Å²) in [6, 6.07) is 0. The van der Waals surface area contributed by atoms with Crippen LogP contribution in [0.25, 0.3) is 0 Å². The van der Waals surface area contributed by atoms with Crippen molar-refractivity contribution in [2.45, 2.75) is 406 Å². The minimum Gasteiger partial charge on any atom is -0.462 e. The maximum Gasteiger partial charge on any atom is 0.306 e. The van der Waals surface area contributed by atoms with Crippen LogP contribution in [0.5, 0.6) is 0 Å². The van der Waals surface area contributed by atoms with Crippen molar-refractivity contribution in [3.05, 3.63) is 36.5 Å². The minimum absolute atomic E-state index is 0.0674. The summed E-state index contributed by atoms with van der Waals surface area (Å²) < 4.78 is 17.0. The second kappa shape index (κ2) is 69.1. The topological polar surface area (TPSA) is 78.9 Å². The predicted molar refractivity (Wildman–Crippen MR) is 349 cm³/mol. The SMILES string of the molecule is CCCCCCC/C=C\C/C=C\CCCCCCCCCCCCCC(=O)OC(COC(=O)CCCCCCCCCCCC)COC(=O)CCCCCCCCCCCCCCCCCCC/C=C\CCCCCCCCCC. The summed E-state index contributed by atoms with van der Waals surface area (Å²) in [6.07, 6.45) is 86.2. The molecule has 0 aromatic heterocycles. The molecule has 0 spiro atoms. The lowest BCUT2D eigenvalue weighted by Gasteiger charge is -2.18. The highest BCUT2D eigenvalue weighted by atomic mass is 16.6. The zero-order chi connectivity index (χ0) is 57.8. The van der Waals surface area contributed by atoms with Gasteiger partial charge in [0.15, 0.2) is 6.10 Å². The fourth-order valence-corrected chi connectivity index (χ4v) is 10.9. The van der Waals surface area contributed by atoms with E-state index in [-0.39, 0.29) is 31.1 Å². The average Bonchev–Trinajstić information content (AvgIpc) is 3.46. The summed E-state index contributed by atoms with van der Waals surface area (Å²) in [5, 5.41) is 0. The molecule has 0 heterocycles. The van der Waals surface area contributed by atoms with Gasteiger partial charge < -0.3 is 14.2 Å². The van der Waals surface area contributed by atoms with E-state index in [0.29, 0.717) is 19.3 Å². The lowest BCUT2D eigenvalue weighted by molar-refractivity contribution is -0.167. The van der Waals surface area contributed by atoms with E-state index in [1.54, 1.807) is 0 Å². The summed E-state index contributed by atoms with van der Waals surface area (Å²) in [4.78, 5) is 38.3. The van der Waals surface area contributed by atoms with Crippen molar-refractivity contribution in [3.8, 4) is 0 Å². The summed E-state index contributed by atoms with van der Waals surface area (Å²) in [5.74, 6) is -0.843. The van der Waals surface area contributed by atoms with Gasteiger partial charge in [-0.25, -0.2) is 0 Å². The lowest BCUT2D eigenvalue weighted by Crippen LogP contribution is -2.30. The van der Waals surface area contributed by atoms with Crippen molar-refractivity contribution in [2.24, 2.45) is 0 Å². The highest BCUT2D eigenvalue weighted by Crippen LogP contribution is 2.18. The van der Waals surface area contributed by atoms with Crippen molar-refractivity contribution in [3.63, 3.8) is 0 Å². The van der Waals surface area contributed by atoms with Gasteiger partial charge in [-0.3, -0.25) is 14.4 Å². The van der Waals surface area contributed by atoms with Gasteiger partial charge in [-0.2, -0.15) is 0 Å². The van der Waals surface area contributed by atoms with E-state index in [1.165, 1.54) is 295 Å². The van der Waals surface area contributed by atoms with Gasteiger partial charge in [-0.15, -0.1) is 0 Å². The van der Waals surface area contributed by atoms with Gasteiger partial charge in [0.1, 0.15) is 13.2 Å². The summed E-state index contributed by atoms with van der Waals surface area (Å²) >= 11 is 0. The maximum atomic E-state index is 12.9. The van der Waals surface area contributed by atoms with Gasteiger partial charge in [0.25, 0.3) is 0 Å². The Balaban J connectivity index is 4.12. The molecule has 0 aromatic rings. The van der Waals surface area contributed by atoms with Gasteiger partial charge in [-0.05, 0) is 77.0 Å². The smallest absolute Gasteiger partial charge is 0.306 e. The normalized spacial score (nSPS) is 12.2. The predicted octanol–water partition coefficient (Wildman–Crippen LogP) is 24.7. The molecule has 0 radical (unpaired) electrons. The number of rotatable bonds is 67. The monoisotopic (exact) mass is 1120 g/mol. The van der Waals surface area contributed by atoms with E-state index in [0.717, 1.165) is 64.2 Å². The molecule has 0 bridgehead atoms. The number of carbonyl (C=O) groups excluding carboxylic acids is 3. The summed E-state index contributed by atoms with van der Waals surface area (Å²) in [7, 11) is 0. The van der Waals surface area contributed by atoms with E-state index in [4.69, 9.17) is 14.2 Å². The van der Waals surface area contributed by atoms with E-state index >= 15 is 0 Å². The Bertz CT molecular complexity index is 1340. The zero-order valence-electron chi connectivity index (χ0n) is 54.1. The minimum atomic E-state index is -0.770. The first-order valence-corrected chi connectivity index (χ1v) is 36.0. The Labute approximate surface area is 499 Å². The number of carbonyl (C=O) groups is 3. The van der Waals surface area contributed by atoms with Crippen LogP contribution in [-0.4, -0.2) is 37.2 Å². The first-order chi connectivity index (χ1) is 39.5. The van der Waals surface area contributed by atoms with Gasteiger partial charge in [0, 0.05) is 19.3 Å². The fourth-order valence-electron chi connectivity index (χ4n) is 10.9. The summed E-state index contributed by atoms with van der Waals surface area (Å²) in [6.45, 7) is 6.68. The standard InChI is InChI=1S/C74H138O6/c1-4-7-10-13-16-19-22-24-26-28-30-32-34-35-36-37-38-39-41-42-44-46-48-50-52-55-58-61-64-67-73(76)79-70-71(69-78-72(75)66-63-60-57-54-21-18-15-12-9-6-3)80-74(77)68-65-62-59-56-53-51-49-47-45-43-40-33-31-29-27-25-23-20-17-14-11-8-5-2/h23,25,28-31,71H,4-22,24,26-27,32-70H2,1-3H3/b25-23-,30-28-,31-29-. The van der Waals surface area contributed by atoms with Crippen LogP contribution in [0.15, 0.2) is 36.5 Å². The molecule has 80 heavy (non-hydrogen) atoms. The van der Waals surface area contributed by atoms with Crippen LogP contribution >= 0.6 is 0 Å². The van der Waals surface area contributed by atoms with Crippen LogP contribution in [0.4, 0.5) is 0 Å². The van der Waals surface area contributed by atoms with E-state index in [9.17, 15) is 14.4 Å². The molecule has 0 saturated carbocycles. The highest BCUT2D eigenvalue weighted by molar-refractivity contribution is 5.71. The van der Waals surface area contributed by atoms with Gasteiger partial charge >= 0.3 is 17.9 Å². The van der Waals surface area contributed by atoms with Gasteiger partial charge in [0.05, 0.1) is 0 Å². The lowest BCUT2D eigenvalue weighted by atomic mass is 10.0. The first kappa shape index (κ1) is 77.6. The number of hydrogen-bond acceptors (Lipinski definition) is 6. The Kier molecular flexibility index (Phi) is 67.1. The van der Waals surface area contributed by atoms with Crippen LogP contribution in [0.2, 0.25) is 0 Å². The van der Waals surface area contributed by atoms with Gasteiger partial charge in [0.2, 0.25) is 0 Å². The average molecular weight is 1120 g/mol. The molecule has 0 aliphatic carbocycles. The maximum absolute atomic E-state index is 12.9. The van der Waals surface area contributed by atoms with Crippen LogP contribution in [0.3, 0.4) is 0 Å². The molecular formula is C74H138O6. The molecule has 0 aliphatic heterocycles. The van der Waals surface area contributed by atoms with Crippen LogP contribution in [0.1, 0.15) is 400 Å². The number of esters is 3. The molecule has 1 atom stereocenters. The quantitative estimate of drug-likeness (QED) is 0.0261. The fraction of sp³-hybridized carbons (Fsp3) is 0.878. The molecule has 6 heteroatoms. The second-order valence-electron chi connectivity index (χ2n) is 24.5. The third-order valence-electron chi connectivity index (χ3n) is 16.4. The Hall–Kier alpha value is -2.37. The third kappa shape index (κ3) is 66.4. The Morgan fingerprint density at radius 2 is 0.450 bits per heavy atom. The van der Waals surface area contributed by atoms with Crippen molar-refractivity contribution < 1.29 is 28.6 Å². The molecular weight excluding hydrogens is 985 g/mol. The number of hydrogen-bond donors (Lipinski definition) is 0. The van der Waals surface area contributed by atoms with Crippen LogP contribution in [0, 0.1) is 0 Å². The zero-order valence-corrected chi connectivity index (χ0v) is 54.1. The van der Waals surface area contributed by atoms with E-state index in [1.807, 2.05) is 0 Å². The number of unbranched alkanes of at least 4 members (excludes halogenated alkanes) is 50. The molecule has 0 aromatic carbocycles. The van der Waals surface area contributed by atoms with E-state index < -0.39 is 6.10 Å². The molecule has 6 nitrogen and oxygen atoms in total. The number of allylic oxidation sites excluding steroid dienone is 6. The molecule has 1 unspecified atom stereocenters. The highest BCUT2D eigenvalue weighted by Gasteiger charge is 2.19. The molecule has 0 aliphatic rings. The van der Waals surface area contributed by atoms with Crippen LogP contribution < -0.4 is 0 Å². The molecule has 0 amide bonds. The van der Waals surface area contributed by atoms with Crippen molar-refractivity contribution in [2.75, 3.05) is 13.2 Å². The third-order valence-corrected chi connectivity index (χ3v) is 16.4. The van der Waals surface area contributed by atoms with Crippen molar-refractivity contribution >= 4 is 17.9 Å². The molecule has 470 valence electrons. The van der Waals surface area contributed by atoms with Crippen LogP contribution in [-0.2, 0) is 28.6 Å². The van der Waals surface area contributed by atoms with E-state index in [2.05, 4.69) is 57.2 Å². The molecule has 0 saturated heterocycles. The first-order valence-electron chi connectivity index (χ1n) is 36.0. The van der Waals surface area contributed by atoms with Crippen molar-refractivity contribution in [1.82, 2.24) is 0 Å². The summed E-state index contributed by atoms with van der Waals surface area (Å²) in [5.41, 5.74) is 0.